The van der Waals surface area contributed by atoms with Crippen molar-refractivity contribution in [2.75, 3.05) is 13.1 Å². The molecule has 0 radical (unpaired) electrons. The largest absolute Gasteiger partial charge is 0.481 e. The highest BCUT2D eigenvalue weighted by atomic mass is 16.4. The summed E-state index contributed by atoms with van der Waals surface area (Å²) in [6, 6.07) is 8.01. The molecular weight excluding hydrogens is 214 g/mol. The molecule has 0 aliphatic carbocycles. The number of carbonyl (C=O) groups is 1. The number of hydrogen-bond donors (Lipinski definition) is 2. The second kappa shape index (κ2) is 5.32. The highest BCUT2D eigenvalue weighted by molar-refractivity contribution is 5.76. The second-order valence-corrected chi connectivity index (χ2v) is 4.66. The molecule has 0 saturated carbocycles. The molecule has 1 heterocycles. The standard InChI is InChI=1S/C14H19NO2/c1-2-10-3-5-11(6-4-10)13(14(16)17)12-7-8-15-9-12/h3-6,12-13,15H,2,7-9H2,1H3,(H,16,17). The van der Waals surface area contributed by atoms with Crippen LogP contribution in [0.5, 0.6) is 0 Å². The van der Waals surface area contributed by atoms with Gasteiger partial charge in [-0.3, -0.25) is 4.79 Å². The molecule has 1 aromatic rings. The van der Waals surface area contributed by atoms with Gasteiger partial charge in [-0.25, -0.2) is 0 Å². The minimum Gasteiger partial charge on any atom is -0.481 e. The van der Waals surface area contributed by atoms with Crippen molar-refractivity contribution in [3.63, 3.8) is 0 Å². The number of hydrogen-bond acceptors (Lipinski definition) is 2. The maximum Gasteiger partial charge on any atom is 0.311 e. The third kappa shape index (κ3) is 2.67. The number of aliphatic carboxylic acids is 1. The van der Waals surface area contributed by atoms with Gasteiger partial charge in [-0.1, -0.05) is 31.2 Å². The SMILES string of the molecule is CCc1ccc(C(C(=O)O)C2CCNC2)cc1. The average molecular weight is 233 g/mol. The number of benzene rings is 1. The second-order valence-electron chi connectivity index (χ2n) is 4.66. The zero-order valence-electron chi connectivity index (χ0n) is 10.1. The predicted octanol–water partition coefficient (Wildman–Crippen LogP) is 2.03. The van der Waals surface area contributed by atoms with Gasteiger partial charge in [0.15, 0.2) is 0 Å². The van der Waals surface area contributed by atoms with E-state index in [1.165, 1.54) is 5.56 Å². The summed E-state index contributed by atoms with van der Waals surface area (Å²) in [4.78, 5) is 11.4. The lowest BCUT2D eigenvalue weighted by molar-refractivity contribution is -0.140. The van der Waals surface area contributed by atoms with E-state index in [2.05, 4.69) is 12.2 Å². The lowest BCUT2D eigenvalue weighted by Crippen LogP contribution is -2.23. The van der Waals surface area contributed by atoms with E-state index < -0.39 is 5.97 Å². The summed E-state index contributed by atoms with van der Waals surface area (Å²) in [6.45, 7) is 3.85. The van der Waals surface area contributed by atoms with Crippen molar-refractivity contribution < 1.29 is 9.90 Å². The van der Waals surface area contributed by atoms with Gasteiger partial charge in [0.05, 0.1) is 5.92 Å². The van der Waals surface area contributed by atoms with Crippen LogP contribution < -0.4 is 5.32 Å². The van der Waals surface area contributed by atoms with Gasteiger partial charge in [-0.2, -0.15) is 0 Å². The molecule has 2 atom stereocenters. The van der Waals surface area contributed by atoms with Crippen LogP contribution in [0.4, 0.5) is 0 Å². The normalized spacial score (nSPS) is 21.4. The predicted molar refractivity (Wildman–Crippen MR) is 67.2 cm³/mol. The Bertz CT molecular complexity index is 380. The minimum atomic E-state index is -0.706. The molecule has 2 rings (SSSR count). The molecule has 0 spiro atoms. The zero-order chi connectivity index (χ0) is 12.3. The van der Waals surface area contributed by atoms with Crippen LogP contribution in [0.2, 0.25) is 0 Å². The molecular formula is C14H19NO2. The van der Waals surface area contributed by atoms with E-state index in [-0.39, 0.29) is 11.8 Å². The lowest BCUT2D eigenvalue weighted by atomic mass is 9.85. The van der Waals surface area contributed by atoms with Crippen LogP contribution in [0.1, 0.15) is 30.4 Å². The van der Waals surface area contributed by atoms with Crippen LogP contribution in [-0.4, -0.2) is 24.2 Å². The third-order valence-electron chi connectivity index (χ3n) is 3.58. The van der Waals surface area contributed by atoms with E-state index in [1.54, 1.807) is 0 Å². The number of aryl methyl sites for hydroxylation is 1. The molecule has 1 aromatic carbocycles. The van der Waals surface area contributed by atoms with E-state index in [9.17, 15) is 9.90 Å². The van der Waals surface area contributed by atoms with Crippen molar-refractivity contribution in [2.24, 2.45) is 5.92 Å². The molecule has 2 unspecified atom stereocenters. The Labute approximate surface area is 102 Å². The Kier molecular flexibility index (Phi) is 3.79. The van der Waals surface area contributed by atoms with E-state index >= 15 is 0 Å². The smallest absolute Gasteiger partial charge is 0.311 e. The van der Waals surface area contributed by atoms with Crippen LogP contribution in [0.15, 0.2) is 24.3 Å². The van der Waals surface area contributed by atoms with Crippen molar-refractivity contribution in [3.8, 4) is 0 Å². The van der Waals surface area contributed by atoms with E-state index in [0.717, 1.165) is 31.5 Å². The van der Waals surface area contributed by atoms with Crippen molar-refractivity contribution in [3.05, 3.63) is 35.4 Å². The number of carboxylic acids is 1. The molecule has 0 bridgehead atoms. The fourth-order valence-electron chi connectivity index (χ4n) is 2.54. The number of rotatable bonds is 4. The maximum absolute atomic E-state index is 11.4. The van der Waals surface area contributed by atoms with Gasteiger partial charge in [-0.05, 0) is 43.0 Å². The van der Waals surface area contributed by atoms with Crippen LogP contribution in [-0.2, 0) is 11.2 Å². The van der Waals surface area contributed by atoms with Crippen LogP contribution in [0, 0.1) is 5.92 Å². The summed E-state index contributed by atoms with van der Waals surface area (Å²) < 4.78 is 0. The molecule has 1 aliphatic heterocycles. The summed E-state index contributed by atoms with van der Waals surface area (Å²) in [5.74, 6) is -0.848. The molecule has 3 nitrogen and oxygen atoms in total. The monoisotopic (exact) mass is 233 g/mol. The van der Waals surface area contributed by atoms with E-state index in [4.69, 9.17) is 0 Å². The highest BCUT2D eigenvalue weighted by Crippen LogP contribution is 2.29. The Hall–Kier alpha value is -1.35. The van der Waals surface area contributed by atoms with Crippen LogP contribution in [0.25, 0.3) is 0 Å². The topological polar surface area (TPSA) is 49.3 Å². The zero-order valence-corrected chi connectivity index (χ0v) is 10.1. The third-order valence-corrected chi connectivity index (χ3v) is 3.58. The molecule has 2 N–H and O–H groups in total. The average Bonchev–Trinajstić information content (AvgIpc) is 2.83. The van der Waals surface area contributed by atoms with Crippen LogP contribution >= 0.6 is 0 Å². The van der Waals surface area contributed by atoms with Gasteiger partial charge in [0, 0.05) is 0 Å². The fourth-order valence-corrected chi connectivity index (χ4v) is 2.54. The molecule has 1 aliphatic rings. The fraction of sp³-hybridized carbons (Fsp3) is 0.500. The quantitative estimate of drug-likeness (QED) is 0.836. The molecule has 3 heteroatoms. The first-order valence-electron chi connectivity index (χ1n) is 6.24. The minimum absolute atomic E-state index is 0.222. The van der Waals surface area contributed by atoms with Gasteiger partial charge >= 0.3 is 5.97 Å². The summed E-state index contributed by atoms with van der Waals surface area (Å²) in [5.41, 5.74) is 2.19. The Balaban J connectivity index is 2.22. The maximum atomic E-state index is 11.4. The number of carboxylic acid groups (broad SMARTS) is 1. The molecule has 92 valence electrons. The Morgan fingerprint density at radius 2 is 2.18 bits per heavy atom. The summed E-state index contributed by atoms with van der Waals surface area (Å²) in [5, 5.41) is 12.6. The van der Waals surface area contributed by atoms with Gasteiger partial charge in [-0.15, -0.1) is 0 Å². The molecule has 1 saturated heterocycles. The molecule has 17 heavy (non-hydrogen) atoms. The summed E-state index contributed by atoms with van der Waals surface area (Å²) in [6.07, 6.45) is 1.94. The first kappa shape index (κ1) is 12.1. The van der Waals surface area contributed by atoms with Gasteiger partial charge in [0.2, 0.25) is 0 Å². The molecule has 1 fully saturated rings. The summed E-state index contributed by atoms with van der Waals surface area (Å²) in [7, 11) is 0. The van der Waals surface area contributed by atoms with Crippen LogP contribution in [0.3, 0.4) is 0 Å². The molecule has 0 aromatic heterocycles. The first-order chi connectivity index (χ1) is 8.22. The van der Waals surface area contributed by atoms with E-state index in [0.29, 0.717) is 0 Å². The van der Waals surface area contributed by atoms with Crippen molar-refractivity contribution >= 4 is 5.97 Å². The highest BCUT2D eigenvalue weighted by Gasteiger charge is 2.31. The Morgan fingerprint density at radius 1 is 1.47 bits per heavy atom. The number of nitrogens with one attached hydrogen (secondary N) is 1. The first-order valence-corrected chi connectivity index (χ1v) is 6.24. The van der Waals surface area contributed by atoms with Gasteiger partial charge in [0.1, 0.15) is 0 Å². The molecule has 0 amide bonds. The lowest BCUT2D eigenvalue weighted by Gasteiger charge is -2.19. The van der Waals surface area contributed by atoms with Crippen molar-refractivity contribution in [1.82, 2.24) is 5.32 Å². The van der Waals surface area contributed by atoms with Gasteiger partial charge in [0.25, 0.3) is 0 Å². The van der Waals surface area contributed by atoms with Gasteiger partial charge < -0.3 is 10.4 Å². The van der Waals surface area contributed by atoms with Crippen molar-refractivity contribution in [1.29, 1.82) is 0 Å². The summed E-state index contributed by atoms with van der Waals surface area (Å²) >= 11 is 0. The Morgan fingerprint density at radius 3 is 2.65 bits per heavy atom. The van der Waals surface area contributed by atoms with Crippen molar-refractivity contribution in [2.45, 2.75) is 25.7 Å². The van der Waals surface area contributed by atoms with E-state index in [1.807, 2.05) is 24.3 Å².